The Balaban J connectivity index is 1.59. The van der Waals surface area contributed by atoms with Gasteiger partial charge in [-0.25, -0.2) is 10.4 Å². The molecule has 4 unspecified atom stereocenters. The molecule has 8 heteroatoms. The number of aromatic nitrogens is 2. The number of amides is 1. The van der Waals surface area contributed by atoms with E-state index in [2.05, 4.69) is 37.1 Å². The smallest absolute Gasteiger partial charge is 0.228 e. The number of piperidine rings is 1. The third-order valence-corrected chi connectivity index (χ3v) is 5.11. The lowest BCUT2D eigenvalue weighted by Gasteiger charge is -2.33. The first-order chi connectivity index (χ1) is 12.7. The molecule has 4 rings (SSSR count). The molecule has 4 atom stereocenters. The maximum atomic E-state index is 12.5. The highest BCUT2D eigenvalue weighted by Gasteiger charge is 2.48. The second-order valence-electron chi connectivity index (χ2n) is 6.80. The van der Waals surface area contributed by atoms with E-state index >= 15 is 0 Å². The third kappa shape index (κ3) is 2.96. The highest BCUT2D eigenvalue weighted by atomic mass is 16.2. The standard InChI is InChI=1S/C18H21N7O/c1-11(4-6-19)25-15-5-7-22-18(26)16(15)17(24-25)23-12-2-3-13-14(10-12)21-9-8-20-13/h2-3,8-11,15-17,23-24H,4-5,7H2,1H3,(H,22,26). The number of fused-ring (bicyclic) bond motifs is 2. The normalized spacial score (nSPS) is 26.8. The van der Waals surface area contributed by atoms with Crippen LogP contribution in [0.15, 0.2) is 30.6 Å². The zero-order chi connectivity index (χ0) is 18.1. The minimum atomic E-state index is -0.240. The fraction of sp³-hybridized carbons (Fsp3) is 0.444. The van der Waals surface area contributed by atoms with Crippen LogP contribution in [-0.2, 0) is 4.79 Å². The van der Waals surface area contributed by atoms with Gasteiger partial charge in [-0.3, -0.25) is 14.8 Å². The van der Waals surface area contributed by atoms with Gasteiger partial charge in [-0.1, -0.05) is 0 Å². The molecular weight excluding hydrogens is 330 g/mol. The second kappa shape index (κ2) is 6.86. The molecule has 3 heterocycles. The minimum absolute atomic E-state index is 0.0349. The van der Waals surface area contributed by atoms with Gasteiger partial charge in [0.25, 0.3) is 0 Å². The van der Waals surface area contributed by atoms with Crippen molar-refractivity contribution in [1.29, 1.82) is 5.26 Å². The molecule has 0 aliphatic carbocycles. The lowest BCUT2D eigenvalue weighted by atomic mass is 9.90. The van der Waals surface area contributed by atoms with Crippen LogP contribution in [0, 0.1) is 17.2 Å². The van der Waals surface area contributed by atoms with E-state index in [1.165, 1.54) is 0 Å². The van der Waals surface area contributed by atoms with E-state index in [-0.39, 0.29) is 30.1 Å². The van der Waals surface area contributed by atoms with Crippen LogP contribution in [0.2, 0.25) is 0 Å². The summed E-state index contributed by atoms with van der Waals surface area (Å²) < 4.78 is 0. The van der Waals surface area contributed by atoms with Gasteiger partial charge in [0.1, 0.15) is 6.17 Å². The van der Waals surface area contributed by atoms with Crippen molar-refractivity contribution < 1.29 is 4.79 Å². The average Bonchev–Trinajstić information content (AvgIpc) is 3.02. The Morgan fingerprint density at radius 1 is 1.38 bits per heavy atom. The molecule has 2 fully saturated rings. The number of nitrogens with one attached hydrogen (secondary N) is 3. The van der Waals surface area contributed by atoms with Gasteiger partial charge in [0, 0.05) is 36.7 Å². The van der Waals surface area contributed by atoms with Gasteiger partial charge in [0.15, 0.2) is 0 Å². The van der Waals surface area contributed by atoms with Crippen LogP contribution >= 0.6 is 0 Å². The molecule has 1 aromatic heterocycles. The average molecular weight is 351 g/mol. The second-order valence-corrected chi connectivity index (χ2v) is 6.80. The fourth-order valence-corrected chi connectivity index (χ4v) is 3.88. The van der Waals surface area contributed by atoms with Crippen LogP contribution in [0.1, 0.15) is 19.8 Å². The van der Waals surface area contributed by atoms with Crippen molar-refractivity contribution in [2.45, 2.75) is 38.0 Å². The van der Waals surface area contributed by atoms with E-state index in [1.54, 1.807) is 12.4 Å². The molecule has 2 aliphatic rings. The highest BCUT2D eigenvalue weighted by Crippen LogP contribution is 2.31. The Labute approximate surface area is 151 Å². The summed E-state index contributed by atoms with van der Waals surface area (Å²) in [6.07, 6.45) is 4.36. The summed E-state index contributed by atoms with van der Waals surface area (Å²) in [5, 5.41) is 17.5. The molecule has 3 N–H and O–H groups in total. The molecule has 2 saturated heterocycles. The van der Waals surface area contributed by atoms with Crippen molar-refractivity contribution in [3.63, 3.8) is 0 Å². The molecule has 134 valence electrons. The summed E-state index contributed by atoms with van der Waals surface area (Å²) in [7, 11) is 0. The molecule has 26 heavy (non-hydrogen) atoms. The Morgan fingerprint density at radius 2 is 2.19 bits per heavy atom. The molecule has 2 aliphatic heterocycles. The molecule has 8 nitrogen and oxygen atoms in total. The minimum Gasteiger partial charge on any atom is -0.368 e. The molecule has 0 saturated carbocycles. The van der Waals surface area contributed by atoms with Crippen molar-refractivity contribution in [1.82, 2.24) is 25.7 Å². The summed E-state index contributed by atoms with van der Waals surface area (Å²) in [6, 6.07) is 8.11. The number of carbonyl (C=O) groups excluding carboxylic acids is 1. The first-order valence-corrected chi connectivity index (χ1v) is 8.84. The molecule has 1 aromatic carbocycles. The van der Waals surface area contributed by atoms with Gasteiger partial charge in [-0.2, -0.15) is 5.26 Å². The molecule has 0 spiro atoms. The molecular formula is C18H21N7O. The summed E-state index contributed by atoms with van der Waals surface area (Å²) in [5.74, 6) is -0.180. The number of nitrogens with zero attached hydrogens (tertiary/aromatic N) is 4. The number of nitriles is 1. The highest BCUT2D eigenvalue weighted by molar-refractivity contribution is 5.82. The molecule has 0 radical (unpaired) electrons. The first kappa shape index (κ1) is 16.7. The molecule has 0 bridgehead atoms. The van der Waals surface area contributed by atoms with Crippen LogP contribution in [0.5, 0.6) is 0 Å². The maximum Gasteiger partial charge on any atom is 0.228 e. The van der Waals surface area contributed by atoms with Crippen LogP contribution in [-0.4, -0.2) is 45.7 Å². The van der Waals surface area contributed by atoms with E-state index in [1.807, 2.05) is 25.1 Å². The van der Waals surface area contributed by atoms with Gasteiger partial charge in [-0.15, -0.1) is 0 Å². The van der Waals surface area contributed by atoms with Crippen molar-refractivity contribution in [2.24, 2.45) is 5.92 Å². The Morgan fingerprint density at radius 3 is 3.00 bits per heavy atom. The number of rotatable bonds is 4. The molecule has 2 aromatic rings. The van der Waals surface area contributed by atoms with E-state index in [0.717, 1.165) is 23.1 Å². The van der Waals surface area contributed by atoms with Gasteiger partial charge >= 0.3 is 0 Å². The topological polar surface area (TPSA) is 106 Å². The predicted molar refractivity (Wildman–Crippen MR) is 96.5 cm³/mol. The number of hydrazine groups is 1. The van der Waals surface area contributed by atoms with E-state index < -0.39 is 0 Å². The molecule has 1 amide bonds. The van der Waals surface area contributed by atoms with Crippen LogP contribution in [0.4, 0.5) is 5.69 Å². The zero-order valence-corrected chi connectivity index (χ0v) is 14.5. The van der Waals surface area contributed by atoms with Gasteiger partial charge in [0.2, 0.25) is 5.91 Å². The van der Waals surface area contributed by atoms with Crippen molar-refractivity contribution in [3.8, 4) is 6.07 Å². The van der Waals surface area contributed by atoms with Gasteiger partial charge in [0.05, 0.1) is 29.4 Å². The lowest BCUT2D eigenvalue weighted by molar-refractivity contribution is -0.127. The zero-order valence-electron chi connectivity index (χ0n) is 14.5. The number of hydrogen-bond acceptors (Lipinski definition) is 7. The van der Waals surface area contributed by atoms with E-state index in [9.17, 15) is 4.79 Å². The lowest BCUT2D eigenvalue weighted by Crippen LogP contribution is -2.51. The maximum absolute atomic E-state index is 12.5. The Bertz CT molecular complexity index is 864. The van der Waals surface area contributed by atoms with E-state index in [4.69, 9.17) is 5.26 Å². The summed E-state index contributed by atoms with van der Waals surface area (Å²) in [4.78, 5) is 21.1. The quantitative estimate of drug-likeness (QED) is 0.754. The Hall–Kier alpha value is -2.76. The number of anilines is 1. The van der Waals surface area contributed by atoms with Gasteiger partial charge in [-0.05, 0) is 31.5 Å². The number of benzene rings is 1. The third-order valence-electron chi connectivity index (χ3n) is 5.11. The number of carbonyl (C=O) groups is 1. The SMILES string of the molecule is CC(CC#N)N1NC(Nc2ccc3nccnc3c2)C2C(=O)NCCC21. The van der Waals surface area contributed by atoms with E-state index in [0.29, 0.717) is 13.0 Å². The monoisotopic (exact) mass is 351 g/mol. The van der Waals surface area contributed by atoms with Crippen LogP contribution in [0.25, 0.3) is 11.0 Å². The van der Waals surface area contributed by atoms with Crippen LogP contribution < -0.4 is 16.1 Å². The fourth-order valence-electron chi connectivity index (χ4n) is 3.88. The predicted octanol–water partition coefficient (Wildman–Crippen LogP) is 0.995. The van der Waals surface area contributed by atoms with Crippen molar-refractivity contribution in [3.05, 3.63) is 30.6 Å². The first-order valence-electron chi connectivity index (χ1n) is 8.84. The summed E-state index contributed by atoms with van der Waals surface area (Å²) >= 11 is 0. The van der Waals surface area contributed by atoms with Crippen molar-refractivity contribution >= 4 is 22.6 Å². The largest absolute Gasteiger partial charge is 0.368 e. The van der Waals surface area contributed by atoms with Gasteiger partial charge < -0.3 is 10.6 Å². The summed E-state index contributed by atoms with van der Waals surface area (Å²) in [6.45, 7) is 2.67. The number of hydrogen-bond donors (Lipinski definition) is 3. The summed E-state index contributed by atoms with van der Waals surface area (Å²) in [5.41, 5.74) is 5.93. The van der Waals surface area contributed by atoms with Crippen molar-refractivity contribution in [2.75, 3.05) is 11.9 Å². The van der Waals surface area contributed by atoms with Crippen LogP contribution in [0.3, 0.4) is 0 Å². The Kier molecular flexibility index (Phi) is 4.41.